The predicted molar refractivity (Wildman–Crippen MR) is 92.6 cm³/mol. The van der Waals surface area contributed by atoms with Crippen LogP contribution < -0.4 is 5.32 Å². The minimum Gasteiger partial charge on any atom is -0.342 e. The van der Waals surface area contributed by atoms with Crippen molar-refractivity contribution in [1.82, 2.24) is 19.9 Å². The molecular formula is C17H17FN4OS. The second kappa shape index (κ2) is 7.44. The molecule has 1 N–H and O–H groups in total. The highest BCUT2D eigenvalue weighted by Gasteiger charge is 2.20. The predicted octanol–water partition coefficient (Wildman–Crippen LogP) is 3.09. The van der Waals surface area contributed by atoms with Gasteiger partial charge in [0.15, 0.2) is 11.5 Å². The third kappa shape index (κ3) is 3.56. The molecule has 1 amide bonds. The first-order valence-corrected chi connectivity index (χ1v) is 8.93. The van der Waals surface area contributed by atoms with Gasteiger partial charge in [-0.2, -0.15) is 11.8 Å². The van der Waals surface area contributed by atoms with E-state index in [9.17, 15) is 9.18 Å². The minimum atomic E-state index is -0.367. The van der Waals surface area contributed by atoms with Gasteiger partial charge in [0, 0.05) is 11.8 Å². The lowest BCUT2D eigenvalue weighted by Gasteiger charge is -2.17. The van der Waals surface area contributed by atoms with Crippen LogP contribution in [0.15, 0.2) is 48.7 Å². The zero-order valence-electron chi connectivity index (χ0n) is 13.1. The van der Waals surface area contributed by atoms with E-state index in [-0.39, 0.29) is 17.8 Å². The van der Waals surface area contributed by atoms with E-state index in [1.54, 1.807) is 11.8 Å². The molecule has 0 bridgehead atoms. The Kier molecular flexibility index (Phi) is 5.10. The Bertz CT molecular complexity index is 834. The summed E-state index contributed by atoms with van der Waals surface area (Å²) < 4.78 is 14.9. The van der Waals surface area contributed by atoms with Crippen molar-refractivity contribution in [2.75, 3.05) is 12.0 Å². The summed E-state index contributed by atoms with van der Waals surface area (Å²) in [5.41, 5.74) is 1.15. The molecule has 0 aliphatic heterocycles. The molecule has 0 aliphatic rings. The van der Waals surface area contributed by atoms with Gasteiger partial charge in [-0.25, -0.2) is 4.39 Å². The number of nitrogens with zero attached hydrogens (tertiary/aromatic N) is 3. The average Bonchev–Trinajstić information content (AvgIpc) is 3.03. The number of fused-ring (bicyclic) bond motifs is 1. The van der Waals surface area contributed by atoms with Crippen LogP contribution in [0.2, 0.25) is 0 Å². The fraction of sp³-hybridized carbons (Fsp3) is 0.235. The summed E-state index contributed by atoms with van der Waals surface area (Å²) in [6, 6.07) is 10.9. The first-order chi connectivity index (χ1) is 11.7. The molecule has 0 spiro atoms. The summed E-state index contributed by atoms with van der Waals surface area (Å²) >= 11 is 1.70. The average molecular weight is 344 g/mol. The van der Waals surface area contributed by atoms with Gasteiger partial charge in [0.1, 0.15) is 5.82 Å². The van der Waals surface area contributed by atoms with E-state index in [1.165, 1.54) is 24.3 Å². The van der Waals surface area contributed by atoms with E-state index < -0.39 is 0 Å². The van der Waals surface area contributed by atoms with Crippen molar-refractivity contribution in [3.63, 3.8) is 0 Å². The first kappa shape index (κ1) is 16.4. The summed E-state index contributed by atoms with van der Waals surface area (Å²) in [7, 11) is 0. The van der Waals surface area contributed by atoms with Crippen LogP contribution in [0.3, 0.4) is 0 Å². The third-order valence-corrected chi connectivity index (χ3v) is 4.32. The summed E-state index contributed by atoms with van der Waals surface area (Å²) in [6.45, 7) is 0. The molecule has 0 saturated carbocycles. The molecule has 0 aliphatic carbocycles. The Morgan fingerprint density at radius 3 is 2.79 bits per heavy atom. The number of aromatic nitrogens is 3. The van der Waals surface area contributed by atoms with Gasteiger partial charge >= 0.3 is 0 Å². The highest BCUT2D eigenvalue weighted by molar-refractivity contribution is 7.98. The molecule has 124 valence electrons. The van der Waals surface area contributed by atoms with Crippen molar-refractivity contribution in [2.24, 2.45) is 0 Å². The second-order valence-electron chi connectivity index (χ2n) is 5.30. The molecule has 3 aromatic rings. The Morgan fingerprint density at radius 1 is 1.25 bits per heavy atom. The maximum Gasteiger partial charge on any atom is 0.251 e. The Morgan fingerprint density at radius 2 is 2.04 bits per heavy atom. The number of benzene rings is 1. The quantitative estimate of drug-likeness (QED) is 0.746. The summed E-state index contributed by atoms with van der Waals surface area (Å²) in [6.07, 6.45) is 4.62. The van der Waals surface area contributed by atoms with Gasteiger partial charge in [-0.05, 0) is 54.8 Å². The van der Waals surface area contributed by atoms with Crippen LogP contribution in [-0.4, -0.2) is 32.5 Å². The van der Waals surface area contributed by atoms with E-state index in [1.807, 2.05) is 35.1 Å². The zero-order valence-corrected chi connectivity index (χ0v) is 14.0. The molecule has 2 aromatic heterocycles. The number of hydrogen-bond acceptors (Lipinski definition) is 4. The smallest absolute Gasteiger partial charge is 0.251 e. The lowest BCUT2D eigenvalue weighted by atomic mass is 10.1. The van der Waals surface area contributed by atoms with E-state index in [0.29, 0.717) is 11.4 Å². The molecule has 0 fully saturated rings. The molecule has 1 atom stereocenters. The van der Waals surface area contributed by atoms with E-state index in [0.717, 1.165) is 17.8 Å². The Labute approximate surface area is 143 Å². The SMILES string of the molecule is CSCCC(NC(=O)c1ccc(F)cc1)c1nnc2ccccn12. The van der Waals surface area contributed by atoms with Gasteiger partial charge in [-0.15, -0.1) is 10.2 Å². The Balaban J connectivity index is 1.86. The monoisotopic (exact) mass is 344 g/mol. The van der Waals surface area contributed by atoms with Crippen molar-refractivity contribution in [2.45, 2.75) is 12.5 Å². The van der Waals surface area contributed by atoms with Gasteiger partial charge in [0.25, 0.3) is 5.91 Å². The van der Waals surface area contributed by atoms with Gasteiger partial charge in [-0.3, -0.25) is 9.20 Å². The standard InChI is InChI=1S/C17H17FN4OS/c1-24-11-9-14(16-21-20-15-4-2-3-10-22(15)16)19-17(23)12-5-7-13(18)8-6-12/h2-8,10,14H,9,11H2,1H3,(H,19,23). The zero-order chi connectivity index (χ0) is 16.9. The molecule has 7 heteroatoms. The molecule has 1 aromatic carbocycles. The fourth-order valence-electron chi connectivity index (χ4n) is 2.44. The molecule has 24 heavy (non-hydrogen) atoms. The van der Waals surface area contributed by atoms with E-state index in [2.05, 4.69) is 15.5 Å². The minimum absolute atomic E-state index is 0.256. The van der Waals surface area contributed by atoms with Crippen molar-refractivity contribution >= 4 is 23.3 Å². The highest BCUT2D eigenvalue weighted by atomic mass is 32.2. The molecule has 1 unspecified atom stereocenters. The van der Waals surface area contributed by atoms with Crippen molar-refractivity contribution in [3.8, 4) is 0 Å². The first-order valence-electron chi connectivity index (χ1n) is 7.54. The van der Waals surface area contributed by atoms with Crippen LogP contribution in [0, 0.1) is 5.82 Å². The molecule has 0 saturated heterocycles. The number of hydrogen-bond donors (Lipinski definition) is 1. The number of amides is 1. The van der Waals surface area contributed by atoms with Crippen LogP contribution in [0.5, 0.6) is 0 Å². The summed E-state index contributed by atoms with van der Waals surface area (Å²) in [5, 5.41) is 11.4. The topological polar surface area (TPSA) is 59.3 Å². The van der Waals surface area contributed by atoms with Crippen LogP contribution in [-0.2, 0) is 0 Å². The maximum absolute atomic E-state index is 13.0. The molecule has 3 rings (SSSR count). The number of thioether (sulfide) groups is 1. The van der Waals surface area contributed by atoms with Gasteiger partial charge in [-0.1, -0.05) is 6.07 Å². The number of halogens is 1. The maximum atomic E-state index is 13.0. The lowest BCUT2D eigenvalue weighted by Crippen LogP contribution is -2.30. The van der Waals surface area contributed by atoms with Crippen LogP contribution in [0.1, 0.15) is 28.6 Å². The summed E-state index contributed by atoms with van der Waals surface area (Å²) in [4.78, 5) is 12.5. The molecular weight excluding hydrogens is 327 g/mol. The van der Waals surface area contributed by atoms with Crippen LogP contribution in [0.25, 0.3) is 5.65 Å². The van der Waals surface area contributed by atoms with Crippen molar-refractivity contribution < 1.29 is 9.18 Å². The number of carbonyl (C=O) groups is 1. The largest absolute Gasteiger partial charge is 0.342 e. The third-order valence-electron chi connectivity index (χ3n) is 3.67. The van der Waals surface area contributed by atoms with Crippen molar-refractivity contribution in [1.29, 1.82) is 0 Å². The number of carbonyl (C=O) groups excluding carboxylic acids is 1. The van der Waals surface area contributed by atoms with E-state index >= 15 is 0 Å². The van der Waals surface area contributed by atoms with Gasteiger partial charge in [0.2, 0.25) is 0 Å². The second-order valence-corrected chi connectivity index (χ2v) is 6.29. The molecule has 2 heterocycles. The summed E-state index contributed by atoms with van der Waals surface area (Å²) in [5.74, 6) is 0.939. The van der Waals surface area contributed by atoms with Crippen molar-refractivity contribution in [3.05, 3.63) is 65.9 Å². The molecule has 0 radical (unpaired) electrons. The molecule has 5 nitrogen and oxygen atoms in total. The number of pyridine rings is 1. The van der Waals surface area contributed by atoms with Crippen LogP contribution >= 0.6 is 11.8 Å². The highest BCUT2D eigenvalue weighted by Crippen LogP contribution is 2.19. The number of nitrogens with one attached hydrogen (secondary N) is 1. The van der Waals surface area contributed by atoms with Gasteiger partial charge < -0.3 is 5.32 Å². The lowest BCUT2D eigenvalue weighted by molar-refractivity contribution is 0.0933. The van der Waals surface area contributed by atoms with E-state index in [4.69, 9.17) is 0 Å². The number of rotatable bonds is 6. The normalized spacial score (nSPS) is 12.2. The van der Waals surface area contributed by atoms with Gasteiger partial charge in [0.05, 0.1) is 6.04 Å². The van der Waals surface area contributed by atoms with Crippen LogP contribution in [0.4, 0.5) is 4.39 Å². The Hall–Kier alpha value is -2.41. The fourth-order valence-corrected chi connectivity index (χ4v) is 2.91.